The average molecular weight is 428 g/mol. The summed E-state index contributed by atoms with van der Waals surface area (Å²) in [5.41, 5.74) is 1.00. The van der Waals surface area contributed by atoms with Crippen LogP contribution in [0.15, 0.2) is 54.6 Å². The Labute approximate surface area is 174 Å². The molecule has 0 N–H and O–H groups in total. The van der Waals surface area contributed by atoms with Gasteiger partial charge >= 0.3 is 5.97 Å². The van der Waals surface area contributed by atoms with E-state index in [2.05, 4.69) is 0 Å². The van der Waals surface area contributed by atoms with E-state index in [0.29, 0.717) is 30.0 Å². The minimum atomic E-state index is -3.62. The van der Waals surface area contributed by atoms with Gasteiger partial charge < -0.3 is 4.84 Å². The van der Waals surface area contributed by atoms with E-state index in [0.717, 1.165) is 0 Å². The number of benzene rings is 2. The van der Waals surface area contributed by atoms with Crippen molar-refractivity contribution in [1.29, 1.82) is 0 Å². The van der Waals surface area contributed by atoms with Gasteiger partial charge in [-0.05, 0) is 30.5 Å². The molecule has 2 aliphatic rings. The highest BCUT2D eigenvalue weighted by Gasteiger charge is 2.41. The van der Waals surface area contributed by atoms with Crippen molar-refractivity contribution in [2.24, 2.45) is 5.92 Å². The molecular formula is C21H20N2O6S. The van der Waals surface area contributed by atoms with Gasteiger partial charge in [-0.2, -0.15) is 0 Å². The molecule has 2 heterocycles. The molecule has 2 amide bonds. The van der Waals surface area contributed by atoms with Crippen LogP contribution in [0.4, 0.5) is 0 Å². The number of sulfonamides is 1. The summed E-state index contributed by atoms with van der Waals surface area (Å²) < 4.78 is 26.8. The summed E-state index contributed by atoms with van der Waals surface area (Å²) in [5.74, 6) is -3.10. The Bertz CT molecular complexity index is 1060. The largest absolute Gasteiger partial charge is 0.337 e. The molecule has 2 aromatic carbocycles. The number of piperidine rings is 1. The van der Waals surface area contributed by atoms with Crippen molar-refractivity contribution in [3.05, 3.63) is 71.3 Å². The molecule has 0 aliphatic carbocycles. The van der Waals surface area contributed by atoms with Gasteiger partial charge in [0.15, 0.2) is 0 Å². The third-order valence-corrected chi connectivity index (χ3v) is 7.06. The minimum Gasteiger partial charge on any atom is -0.329 e. The summed E-state index contributed by atoms with van der Waals surface area (Å²) in [6.45, 7) is 0.267. The Kier molecular flexibility index (Phi) is 5.40. The maximum absolute atomic E-state index is 12.8. The number of carbonyl (C=O) groups excluding carboxylic acids is 3. The quantitative estimate of drug-likeness (QED) is 0.675. The van der Waals surface area contributed by atoms with E-state index in [1.54, 1.807) is 36.4 Å². The van der Waals surface area contributed by atoms with Gasteiger partial charge in [0.25, 0.3) is 11.8 Å². The lowest BCUT2D eigenvalue weighted by molar-refractivity contribution is -0.174. The zero-order valence-electron chi connectivity index (χ0n) is 16.1. The minimum absolute atomic E-state index is 0.0445. The van der Waals surface area contributed by atoms with E-state index in [1.165, 1.54) is 16.4 Å². The molecule has 30 heavy (non-hydrogen) atoms. The first-order valence-electron chi connectivity index (χ1n) is 9.58. The Balaban J connectivity index is 1.43. The topological polar surface area (TPSA) is 101 Å². The highest BCUT2D eigenvalue weighted by atomic mass is 32.2. The normalized spacial score (nSPS) is 19.6. The lowest BCUT2D eigenvalue weighted by Gasteiger charge is -2.31. The summed E-state index contributed by atoms with van der Waals surface area (Å²) in [4.78, 5) is 42.5. The van der Waals surface area contributed by atoms with Gasteiger partial charge in [0, 0.05) is 13.1 Å². The SMILES string of the molecule is O=C(ON1C(=O)c2ccccc2C1=O)C1CCCN(S(=O)(=O)Cc2ccccc2)C1. The molecule has 0 saturated carbocycles. The van der Waals surface area contributed by atoms with Crippen molar-refractivity contribution < 1.29 is 27.6 Å². The number of rotatable bonds is 5. The number of carbonyl (C=O) groups is 3. The molecule has 0 bridgehead atoms. The molecule has 2 aliphatic heterocycles. The lowest BCUT2D eigenvalue weighted by atomic mass is 10.0. The first-order valence-corrected chi connectivity index (χ1v) is 11.2. The van der Waals surface area contributed by atoms with Gasteiger partial charge in [-0.1, -0.05) is 47.5 Å². The van der Waals surface area contributed by atoms with Gasteiger partial charge in [-0.15, -0.1) is 0 Å². The third kappa shape index (κ3) is 3.86. The zero-order valence-corrected chi connectivity index (χ0v) is 16.9. The Morgan fingerprint density at radius 3 is 2.20 bits per heavy atom. The van der Waals surface area contributed by atoms with Crippen LogP contribution in [-0.4, -0.2) is 48.7 Å². The van der Waals surface area contributed by atoms with E-state index in [9.17, 15) is 22.8 Å². The Morgan fingerprint density at radius 1 is 0.967 bits per heavy atom. The third-order valence-electron chi connectivity index (χ3n) is 5.24. The fourth-order valence-corrected chi connectivity index (χ4v) is 5.29. The van der Waals surface area contributed by atoms with Crippen LogP contribution in [0.3, 0.4) is 0 Å². The number of amides is 2. The second kappa shape index (κ2) is 8.00. The molecule has 9 heteroatoms. The predicted octanol–water partition coefficient (Wildman–Crippen LogP) is 1.98. The van der Waals surface area contributed by atoms with E-state index in [-0.39, 0.29) is 23.4 Å². The number of nitrogens with zero attached hydrogens (tertiary/aromatic N) is 2. The fourth-order valence-electron chi connectivity index (χ4n) is 3.68. The first kappa shape index (κ1) is 20.2. The van der Waals surface area contributed by atoms with Crippen LogP contribution in [0.25, 0.3) is 0 Å². The molecule has 1 atom stereocenters. The standard InChI is InChI=1S/C21H20N2O6S/c24-19-17-10-4-5-11-18(17)20(25)23(19)29-21(26)16-9-6-12-22(13-16)30(27,28)14-15-7-2-1-3-8-15/h1-5,7-8,10-11,16H,6,9,12-14H2. The summed E-state index contributed by atoms with van der Waals surface area (Å²) in [6, 6.07) is 15.0. The lowest BCUT2D eigenvalue weighted by Crippen LogP contribution is -2.45. The van der Waals surface area contributed by atoms with Crippen LogP contribution in [-0.2, 0) is 25.4 Å². The highest BCUT2D eigenvalue weighted by Crippen LogP contribution is 2.26. The van der Waals surface area contributed by atoms with Crippen molar-refractivity contribution >= 4 is 27.8 Å². The zero-order chi connectivity index (χ0) is 21.3. The van der Waals surface area contributed by atoms with E-state index >= 15 is 0 Å². The van der Waals surface area contributed by atoms with E-state index in [4.69, 9.17) is 4.84 Å². The molecule has 2 aromatic rings. The first-order chi connectivity index (χ1) is 14.4. The second-order valence-corrected chi connectivity index (χ2v) is 9.27. The molecule has 0 aromatic heterocycles. The molecule has 4 rings (SSSR count). The fraction of sp³-hybridized carbons (Fsp3) is 0.286. The maximum Gasteiger partial charge on any atom is 0.337 e. The van der Waals surface area contributed by atoms with Gasteiger partial charge in [0.2, 0.25) is 10.0 Å². The summed E-state index contributed by atoms with van der Waals surface area (Å²) >= 11 is 0. The molecule has 8 nitrogen and oxygen atoms in total. The van der Waals surface area contributed by atoms with Gasteiger partial charge in [-0.3, -0.25) is 9.59 Å². The van der Waals surface area contributed by atoms with Crippen molar-refractivity contribution in [2.75, 3.05) is 13.1 Å². The van der Waals surface area contributed by atoms with Crippen molar-refractivity contribution in [3.8, 4) is 0 Å². The smallest absolute Gasteiger partial charge is 0.329 e. The number of hydrogen-bond donors (Lipinski definition) is 0. The summed E-state index contributed by atoms with van der Waals surface area (Å²) in [7, 11) is -3.62. The Morgan fingerprint density at radius 2 is 1.57 bits per heavy atom. The summed E-state index contributed by atoms with van der Waals surface area (Å²) in [5, 5.41) is 0.463. The number of hydrogen-bond acceptors (Lipinski definition) is 6. The van der Waals surface area contributed by atoms with E-state index in [1.807, 2.05) is 6.07 Å². The monoisotopic (exact) mass is 428 g/mol. The molecule has 1 saturated heterocycles. The van der Waals surface area contributed by atoms with E-state index < -0.39 is 33.7 Å². The molecular weight excluding hydrogens is 408 g/mol. The molecule has 0 spiro atoms. The average Bonchev–Trinajstić information content (AvgIpc) is 2.99. The maximum atomic E-state index is 12.8. The van der Waals surface area contributed by atoms with Crippen LogP contribution >= 0.6 is 0 Å². The Hall–Kier alpha value is -3.04. The van der Waals surface area contributed by atoms with Crippen LogP contribution in [0.5, 0.6) is 0 Å². The predicted molar refractivity (Wildman–Crippen MR) is 106 cm³/mol. The van der Waals surface area contributed by atoms with Crippen molar-refractivity contribution in [1.82, 2.24) is 9.37 Å². The molecule has 1 fully saturated rings. The summed E-state index contributed by atoms with van der Waals surface area (Å²) in [6.07, 6.45) is 0.898. The van der Waals surface area contributed by atoms with Crippen LogP contribution in [0.1, 0.15) is 39.1 Å². The van der Waals surface area contributed by atoms with Crippen molar-refractivity contribution in [2.45, 2.75) is 18.6 Å². The van der Waals surface area contributed by atoms with Crippen LogP contribution < -0.4 is 0 Å². The van der Waals surface area contributed by atoms with Gasteiger partial charge in [0.05, 0.1) is 22.8 Å². The van der Waals surface area contributed by atoms with Gasteiger partial charge in [-0.25, -0.2) is 17.5 Å². The molecule has 0 radical (unpaired) electrons. The van der Waals surface area contributed by atoms with Crippen molar-refractivity contribution in [3.63, 3.8) is 0 Å². The second-order valence-electron chi connectivity index (χ2n) is 7.30. The highest BCUT2D eigenvalue weighted by molar-refractivity contribution is 7.88. The number of imide groups is 1. The molecule has 156 valence electrons. The number of fused-ring (bicyclic) bond motifs is 1. The van der Waals surface area contributed by atoms with Crippen LogP contribution in [0, 0.1) is 5.92 Å². The molecule has 1 unspecified atom stereocenters. The number of hydroxylamine groups is 2. The van der Waals surface area contributed by atoms with Gasteiger partial charge in [0.1, 0.15) is 0 Å². The van der Waals surface area contributed by atoms with Crippen LogP contribution in [0.2, 0.25) is 0 Å².